The van der Waals surface area contributed by atoms with Gasteiger partial charge in [-0.05, 0) is 24.8 Å². The van der Waals surface area contributed by atoms with E-state index in [1.165, 1.54) is 17.7 Å². The van der Waals surface area contributed by atoms with Crippen molar-refractivity contribution in [3.63, 3.8) is 0 Å². The van der Waals surface area contributed by atoms with Crippen molar-refractivity contribution in [2.45, 2.75) is 40.5 Å². The van der Waals surface area contributed by atoms with E-state index < -0.39 is 0 Å². The Morgan fingerprint density at radius 3 is 2.21 bits per heavy atom. The van der Waals surface area contributed by atoms with E-state index in [1.807, 2.05) is 0 Å². The molecule has 0 spiro atoms. The molecule has 0 bridgehead atoms. The normalized spacial score (nSPS) is 15.6. The fraction of sp³-hybridized carbons (Fsp3) is 0.692. The van der Waals surface area contributed by atoms with E-state index in [-0.39, 0.29) is 0 Å². The predicted octanol–water partition coefficient (Wildman–Crippen LogP) is 3.83. The molecule has 0 saturated heterocycles. The molecule has 14 heavy (non-hydrogen) atoms. The van der Waals surface area contributed by atoms with Crippen molar-refractivity contribution in [3.8, 4) is 0 Å². The second kappa shape index (κ2) is 6.69. The average Bonchev–Trinajstić information content (AvgIpc) is 2.13. The topological polar surface area (TPSA) is 3.24 Å². The standard InChI is InChI=1S/C13H25N/c1-7-9-12(4)13(14(5)6)10-11(3)8-2/h9-11H,7-8H2,1-6H3/b12-9-,13-10+. The van der Waals surface area contributed by atoms with Crippen LogP contribution in [-0.4, -0.2) is 19.0 Å². The molecule has 0 aromatic rings. The highest BCUT2D eigenvalue weighted by molar-refractivity contribution is 5.27. The maximum absolute atomic E-state index is 2.36. The summed E-state index contributed by atoms with van der Waals surface area (Å²) in [5.74, 6) is 0.660. The number of likely N-dealkylation sites (N-methyl/N-ethyl adjacent to an activating group) is 1. The average molecular weight is 195 g/mol. The first-order valence-electron chi connectivity index (χ1n) is 5.59. The molecule has 0 amide bonds. The molecule has 0 saturated carbocycles. The van der Waals surface area contributed by atoms with Gasteiger partial charge in [0.25, 0.3) is 0 Å². The van der Waals surface area contributed by atoms with Crippen LogP contribution in [0.4, 0.5) is 0 Å². The van der Waals surface area contributed by atoms with E-state index in [2.05, 4.69) is 58.8 Å². The molecule has 0 aliphatic rings. The Labute approximate surface area is 89.5 Å². The summed E-state index contributed by atoms with van der Waals surface area (Å²) in [5, 5.41) is 0. The van der Waals surface area contributed by atoms with Gasteiger partial charge in [-0.3, -0.25) is 0 Å². The second-order valence-corrected chi connectivity index (χ2v) is 4.13. The van der Waals surface area contributed by atoms with E-state index in [1.54, 1.807) is 0 Å². The predicted molar refractivity (Wildman–Crippen MR) is 65.3 cm³/mol. The lowest BCUT2D eigenvalue weighted by atomic mass is 10.0. The summed E-state index contributed by atoms with van der Waals surface area (Å²) in [6.45, 7) is 8.87. The molecule has 0 aromatic carbocycles. The smallest absolute Gasteiger partial charge is 0.0349 e. The van der Waals surface area contributed by atoms with Crippen LogP contribution in [0.3, 0.4) is 0 Å². The van der Waals surface area contributed by atoms with Gasteiger partial charge in [-0.2, -0.15) is 0 Å². The summed E-state index contributed by atoms with van der Waals surface area (Å²) in [7, 11) is 4.22. The number of allylic oxidation sites excluding steroid dienone is 3. The first kappa shape index (κ1) is 13.3. The molecule has 1 atom stereocenters. The Hall–Kier alpha value is -0.720. The van der Waals surface area contributed by atoms with Crippen LogP contribution in [0.1, 0.15) is 40.5 Å². The zero-order valence-corrected chi connectivity index (χ0v) is 10.6. The van der Waals surface area contributed by atoms with Crippen molar-refractivity contribution >= 4 is 0 Å². The fourth-order valence-corrected chi connectivity index (χ4v) is 1.43. The van der Waals surface area contributed by atoms with Crippen LogP contribution in [0.2, 0.25) is 0 Å². The molecule has 82 valence electrons. The quantitative estimate of drug-likeness (QED) is 0.603. The number of hydrogen-bond donors (Lipinski definition) is 0. The van der Waals surface area contributed by atoms with Gasteiger partial charge in [-0.25, -0.2) is 0 Å². The van der Waals surface area contributed by atoms with Crippen LogP contribution in [0.25, 0.3) is 0 Å². The van der Waals surface area contributed by atoms with Crippen LogP contribution >= 0.6 is 0 Å². The SMILES string of the molecule is CC/C=C(C)\C(=C/C(C)CC)N(C)C. The Morgan fingerprint density at radius 1 is 1.29 bits per heavy atom. The second-order valence-electron chi connectivity index (χ2n) is 4.13. The summed E-state index contributed by atoms with van der Waals surface area (Å²) >= 11 is 0. The van der Waals surface area contributed by atoms with Crippen LogP contribution in [0.5, 0.6) is 0 Å². The van der Waals surface area contributed by atoms with E-state index >= 15 is 0 Å². The largest absolute Gasteiger partial charge is 0.378 e. The van der Waals surface area contributed by atoms with Crippen molar-refractivity contribution in [1.82, 2.24) is 4.90 Å². The van der Waals surface area contributed by atoms with E-state index in [9.17, 15) is 0 Å². The van der Waals surface area contributed by atoms with Crippen molar-refractivity contribution in [2.24, 2.45) is 5.92 Å². The Balaban J connectivity index is 4.76. The lowest BCUT2D eigenvalue weighted by Gasteiger charge is -2.20. The van der Waals surface area contributed by atoms with Gasteiger partial charge in [0.1, 0.15) is 0 Å². The lowest BCUT2D eigenvalue weighted by molar-refractivity contribution is 0.509. The van der Waals surface area contributed by atoms with Crippen molar-refractivity contribution in [3.05, 3.63) is 23.4 Å². The Kier molecular flexibility index (Phi) is 6.35. The summed E-state index contributed by atoms with van der Waals surface area (Å²) in [5.41, 5.74) is 2.75. The zero-order chi connectivity index (χ0) is 11.1. The molecule has 0 N–H and O–H groups in total. The van der Waals surface area contributed by atoms with Gasteiger partial charge in [0.15, 0.2) is 0 Å². The highest BCUT2D eigenvalue weighted by atomic mass is 15.1. The molecule has 0 aliphatic carbocycles. The summed E-state index contributed by atoms with van der Waals surface area (Å²) in [6.07, 6.45) is 6.96. The molecule has 0 aliphatic heterocycles. The Bertz CT molecular complexity index is 211. The third-order valence-electron chi connectivity index (χ3n) is 2.48. The number of nitrogens with zero attached hydrogens (tertiary/aromatic N) is 1. The van der Waals surface area contributed by atoms with Gasteiger partial charge in [-0.1, -0.05) is 39.3 Å². The van der Waals surface area contributed by atoms with E-state index in [4.69, 9.17) is 0 Å². The van der Waals surface area contributed by atoms with Crippen LogP contribution in [0.15, 0.2) is 23.4 Å². The van der Waals surface area contributed by atoms with Gasteiger partial charge >= 0.3 is 0 Å². The van der Waals surface area contributed by atoms with Gasteiger partial charge in [0.2, 0.25) is 0 Å². The zero-order valence-electron chi connectivity index (χ0n) is 10.6. The van der Waals surface area contributed by atoms with Crippen molar-refractivity contribution < 1.29 is 0 Å². The summed E-state index contributed by atoms with van der Waals surface area (Å²) < 4.78 is 0. The maximum Gasteiger partial charge on any atom is 0.0349 e. The first-order valence-corrected chi connectivity index (χ1v) is 5.59. The molecule has 1 heteroatoms. The first-order chi connectivity index (χ1) is 6.52. The molecule has 0 aromatic heterocycles. The lowest BCUT2D eigenvalue weighted by Crippen LogP contribution is -2.13. The van der Waals surface area contributed by atoms with Gasteiger partial charge in [0, 0.05) is 19.8 Å². The molecule has 0 rings (SSSR count). The molecular formula is C13H25N. The fourth-order valence-electron chi connectivity index (χ4n) is 1.43. The van der Waals surface area contributed by atoms with Crippen molar-refractivity contribution in [1.29, 1.82) is 0 Å². The number of hydrogen-bond acceptors (Lipinski definition) is 1. The van der Waals surface area contributed by atoms with Crippen molar-refractivity contribution in [2.75, 3.05) is 14.1 Å². The molecule has 1 nitrogen and oxygen atoms in total. The van der Waals surface area contributed by atoms with Gasteiger partial charge in [0.05, 0.1) is 0 Å². The maximum atomic E-state index is 2.36. The van der Waals surface area contributed by atoms with Gasteiger partial charge < -0.3 is 4.90 Å². The third-order valence-corrected chi connectivity index (χ3v) is 2.48. The monoisotopic (exact) mass is 195 g/mol. The highest BCUT2D eigenvalue weighted by Crippen LogP contribution is 2.16. The summed E-state index contributed by atoms with van der Waals surface area (Å²) in [4.78, 5) is 2.20. The molecule has 1 unspecified atom stereocenters. The van der Waals surface area contributed by atoms with Crippen LogP contribution in [-0.2, 0) is 0 Å². The molecule has 0 heterocycles. The molecular weight excluding hydrogens is 170 g/mol. The van der Waals surface area contributed by atoms with E-state index in [0.29, 0.717) is 5.92 Å². The Morgan fingerprint density at radius 2 is 1.86 bits per heavy atom. The van der Waals surface area contributed by atoms with E-state index in [0.717, 1.165) is 6.42 Å². The minimum absolute atomic E-state index is 0.660. The number of rotatable bonds is 5. The van der Waals surface area contributed by atoms with Crippen LogP contribution in [0, 0.1) is 5.92 Å². The molecule has 0 fully saturated rings. The van der Waals surface area contributed by atoms with Crippen LogP contribution < -0.4 is 0 Å². The minimum Gasteiger partial charge on any atom is -0.378 e. The van der Waals surface area contributed by atoms with Gasteiger partial charge in [-0.15, -0.1) is 0 Å². The highest BCUT2D eigenvalue weighted by Gasteiger charge is 2.04. The minimum atomic E-state index is 0.660. The molecule has 0 radical (unpaired) electrons. The summed E-state index contributed by atoms with van der Waals surface area (Å²) in [6, 6.07) is 0. The third kappa shape index (κ3) is 4.50.